The molecule has 0 heterocycles. The minimum absolute atomic E-state index is 0.0781. The lowest BCUT2D eigenvalue weighted by molar-refractivity contribution is 0.122. The van der Waals surface area contributed by atoms with Crippen molar-refractivity contribution in [2.45, 2.75) is 58.8 Å². The summed E-state index contributed by atoms with van der Waals surface area (Å²) in [6.07, 6.45) is 0.329. The number of benzene rings is 1. The maximum atomic E-state index is 10.7. The third-order valence-electron chi connectivity index (χ3n) is 6.29. The van der Waals surface area contributed by atoms with Crippen molar-refractivity contribution in [1.82, 2.24) is 0 Å². The highest BCUT2D eigenvalue weighted by Crippen LogP contribution is 2.67. The lowest BCUT2D eigenvalue weighted by Gasteiger charge is -2.44. The third kappa shape index (κ3) is 1.65. The Morgan fingerprint density at radius 1 is 0.762 bits per heavy atom. The Balaban J connectivity index is 2.95. The number of fused-ring (bicyclic) bond motifs is 1. The van der Waals surface area contributed by atoms with E-state index in [1.54, 1.807) is 0 Å². The fourth-order valence-electron chi connectivity index (χ4n) is 3.77. The average molecular weight is 293 g/mol. The Hall–Kier alpha value is -1.42. The van der Waals surface area contributed by atoms with Gasteiger partial charge in [-0.3, -0.25) is 0 Å². The topological polar surface area (TPSA) is 86.7 Å². The van der Waals surface area contributed by atoms with Gasteiger partial charge in [-0.1, -0.05) is 41.5 Å². The van der Waals surface area contributed by atoms with Crippen LogP contribution in [0.4, 0.5) is 0 Å². The number of phenols is 3. The molecule has 0 aromatic heterocycles. The molecule has 0 aliphatic heterocycles. The molecule has 1 aliphatic carbocycles. The minimum Gasteiger partial charge on any atom is -0.507 e. The summed E-state index contributed by atoms with van der Waals surface area (Å²) in [7, 11) is 0. The maximum Gasteiger partial charge on any atom is 0.164 e. The second-order valence-electron chi connectivity index (χ2n) is 7.69. The van der Waals surface area contributed by atoms with Gasteiger partial charge in [0.15, 0.2) is 11.5 Å². The van der Waals surface area contributed by atoms with Crippen LogP contribution in [0, 0.1) is 5.41 Å². The number of aromatic hydroxyl groups is 3. The lowest BCUT2D eigenvalue weighted by Crippen LogP contribution is -2.42. The smallest absolute Gasteiger partial charge is 0.164 e. The zero-order valence-corrected chi connectivity index (χ0v) is 13.8. The van der Waals surface area contributed by atoms with E-state index in [0.29, 0.717) is 24.1 Å². The molecule has 0 saturated carbocycles. The van der Waals surface area contributed by atoms with Crippen molar-refractivity contribution in [3.63, 3.8) is 0 Å². The third-order valence-corrected chi connectivity index (χ3v) is 6.29. The van der Waals surface area contributed by atoms with Crippen molar-refractivity contribution in [2.75, 3.05) is 6.54 Å². The van der Waals surface area contributed by atoms with Crippen LogP contribution in [0.3, 0.4) is 0 Å². The Morgan fingerprint density at radius 2 is 1.19 bits per heavy atom. The van der Waals surface area contributed by atoms with Crippen molar-refractivity contribution in [3.05, 3.63) is 16.7 Å². The van der Waals surface area contributed by atoms with Crippen LogP contribution < -0.4 is 5.73 Å². The number of hydrogen-bond acceptors (Lipinski definition) is 4. The van der Waals surface area contributed by atoms with Gasteiger partial charge in [-0.05, 0) is 29.2 Å². The Morgan fingerprint density at radius 3 is 1.62 bits per heavy atom. The van der Waals surface area contributed by atoms with Crippen LogP contribution in [-0.2, 0) is 17.3 Å². The van der Waals surface area contributed by atoms with Gasteiger partial charge in [0, 0.05) is 16.7 Å². The summed E-state index contributed by atoms with van der Waals surface area (Å²) in [5.74, 6) is -0.275. The predicted octanol–water partition coefficient (Wildman–Crippen LogP) is 2.90. The van der Waals surface area contributed by atoms with E-state index >= 15 is 0 Å². The zero-order chi connectivity index (χ0) is 16.4. The second-order valence-corrected chi connectivity index (χ2v) is 7.69. The van der Waals surface area contributed by atoms with Gasteiger partial charge in [-0.2, -0.15) is 0 Å². The highest BCUT2D eigenvalue weighted by molar-refractivity contribution is 5.69. The summed E-state index contributed by atoms with van der Waals surface area (Å²) in [5.41, 5.74) is 6.36. The molecule has 0 unspecified atom stereocenters. The molecule has 0 atom stereocenters. The largest absolute Gasteiger partial charge is 0.507 e. The molecule has 2 rings (SSSR count). The van der Waals surface area contributed by atoms with Crippen LogP contribution in [0.25, 0.3) is 0 Å². The average Bonchev–Trinajstić information content (AvgIpc) is 2.47. The number of hydrogen-bond donors (Lipinski definition) is 4. The monoisotopic (exact) mass is 293 g/mol. The van der Waals surface area contributed by atoms with Gasteiger partial charge in [0.25, 0.3) is 0 Å². The highest BCUT2D eigenvalue weighted by Gasteiger charge is 2.60. The maximum absolute atomic E-state index is 10.7. The molecule has 4 heteroatoms. The van der Waals surface area contributed by atoms with E-state index in [0.717, 1.165) is 5.56 Å². The van der Waals surface area contributed by atoms with Crippen LogP contribution >= 0.6 is 0 Å². The van der Waals surface area contributed by atoms with E-state index in [-0.39, 0.29) is 33.5 Å². The first kappa shape index (κ1) is 16.0. The minimum atomic E-state index is -0.383. The van der Waals surface area contributed by atoms with Gasteiger partial charge < -0.3 is 21.1 Å². The standard InChI is InChI=1S/C17H27NO3/c1-15(2)10-11(16(3,4)17(15,5)6)14(21)13(20)9(7-8-18)12(10)19/h19-21H,7-8,18H2,1-6H3. The summed E-state index contributed by atoms with van der Waals surface area (Å²) in [6, 6.07) is 0. The molecule has 118 valence electrons. The zero-order valence-electron chi connectivity index (χ0n) is 13.8. The fourth-order valence-corrected chi connectivity index (χ4v) is 3.77. The molecule has 1 aromatic rings. The summed E-state index contributed by atoms with van der Waals surface area (Å²) >= 11 is 0. The van der Waals surface area contributed by atoms with Crippen LogP contribution in [0.1, 0.15) is 58.2 Å². The van der Waals surface area contributed by atoms with Crippen LogP contribution in [0.5, 0.6) is 17.2 Å². The normalized spacial score (nSPS) is 21.3. The molecule has 5 N–H and O–H groups in total. The summed E-state index contributed by atoms with van der Waals surface area (Å²) in [5, 5.41) is 31.5. The SMILES string of the molecule is CC1(C)c2c(O)c(O)c(CCN)c(O)c2C(C)(C)C1(C)C. The second kappa shape index (κ2) is 4.29. The van der Waals surface area contributed by atoms with E-state index in [1.165, 1.54) is 0 Å². The number of nitrogens with two attached hydrogens (primary N) is 1. The molecule has 1 aliphatic rings. The van der Waals surface area contributed by atoms with Crippen LogP contribution in [0.2, 0.25) is 0 Å². The van der Waals surface area contributed by atoms with Crippen molar-refractivity contribution in [1.29, 1.82) is 0 Å². The molecule has 0 saturated heterocycles. The van der Waals surface area contributed by atoms with Crippen molar-refractivity contribution in [3.8, 4) is 17.2 Å². The van der Waals surface area contributed by atoms with Gasteiger partial charge in [0.05, 0.1) is 0 Å². The van der Waals surface area contributed by atoms with E-state index in [4.69, 9.17) is 5.73 Å². The van der Waals surface area contributed by atoms with Gasteiger partial charge in [-0.25, -0.2) is 0 Å². The summed E-state index contributed by atoms with van der Waals surface area (Å²) < 4.78 is 0. The first-order valence-corrected chi connectivity index (χ1v) is 7.43. The molecule has 0 bridgehead atoms. The van der Waals surface area contributed by atoms with E-state index in [9.17, 15) is 15.3 Å². The molecule has 0 spiro atoms. The number of phenolic OH excluding ortho intramolecular Hbond substituents is 3. The predicted molar refractivity (Wildman–Crippen MR) is 84.0 cm³/mol. The van der Waals surface area contributed by atoms with Crippen LogP contribution in [0.15, 0.2) is 0 Å². The Bertz CT molecular complexity index is 601. The molecule has 1 aromatic carbocycles. The molecular weight excluding hydrogens is 266 g/mol. The van der Waals surface area contributed by atoms with Gasteiger partial charge in [0.1, 0.15) is 5.75 Å². The van der Waals surface area contributed by atoms with Crippen molar-refractivity contribution < 1.29 is 15.3 Å². The first-order valence-electron chi connectivity index (χ1n) is 7.43. The summed E-state index contributed by atoms with van der Waals surface area (Å²) in [4.78, 5) is 0. The Labute approximate surface area is 126 Å². The quantitative estimate of drug-likeness (QED) is 0.499. The van der Waals surface area contributed by atoms with Gasteiger partial charge >= 0.3 is 0 Å². The van der Waals surface area contributed by atoms with Crippen molar-refractivity contribution in [2.24, 2.45) is 11.1 Å². The van der Waals surface area contributed by atoms with Crippen LogP contribution in [-0.4, -0.2) is 21.9 Å². The molecular formula is C17H27NO3. The lowest BCUT2D eigenvalue weighted by atomic mass is 9.59. The summed E-state index contributed by atoms with van der Waals surface area (Å²) in [6.45, 7) is 12.8. The van der Waals surface area contributed by atoms with E-state index in [2.05, 4.69) is 27.7 Å². The molecule has 21 heavy (non-hydrogen) atoms. The Kier molecular flexibility index (Phi) is 3.26. The highest BCUT2D eigenvalue weighted by atomic mass is 16.3. The first-order chi connectivity index (χ1) is 9.42. The molecule has 0 radical (unpaired) electrons. The molecule has 4 nitrogen and oxygen atoms in total. The fraction of sp³-hybridized carbons (Fsp3) is 0.647. The molecule has 0 amide bonds. The van der Waals surface area contributed by atoms with E-state index in [1.807, 2.05) is 13.8 Å². The number of rotatable bonds is 2. The van der Waals surface area contributed by atoms with E-state index < -0.39 is 0 Å². The van der Waals surface area contributed by atoms with Gasteiger partial charge in [-0.15, -0.1) is 0 Å². The van der Waals surface area contributed by atoms with Gasteiger partial charge in [0.2, 0.25) is 0 Å². The molecule has 0 fully saturated rings. The van der Waals surface area contributed by atoms with Crippen molar-refractivity contribution >= 4 is 0 Å².